The van der Waals surface area contributed by atoms with Gasteiger partial charge in [0.25, 0.3) is 0 Å². The van der Waals surface area contributed by atoms with Crippen LogP contribution < -0.4 is 4.74 Å². The molecule has 0 unspecified atom stereocenters. The van der Waals surface area contributed by atoms with Gasteiger partial charge in [0.15, 0.2) is 0 Å². The van der Waals surface area contributed by atoms with Gasteiger partial charge in [-0.1, -0.05) is 31.2 Å². The Morgan fingerprint density at radius 3 is 2.35 bits per heavy atom. The van der Waals surface area contributed by atoms with E-state index in [2.05, 4.69) is 17.0 Å². The second-order valence-electron chi connectivity index (χ2n) is 5.18. The summed E-state index contributed by atoms with van der Waals surface area (Å²) in [6.45, 7) is 2.70. The Bertz CT molecular complexity index is 763. The fraction of sp³-hybridized carbons (Fsp3) is 0.167. The van der Waals surface area contributed by atoms with E-state index < -0.39 is 0 Å². The summed E-state index contributed by atoms with van der Waals surface area (Å²) in [4.78, 5) is 16.0. The van der Waals surface area contributed by atoms with Crippen LogP contribution in [-0.4, -0.2) is 20.7 Å². The van der Waals surface area contributed by atoms with E-state index in [0.29, 0.717) is 17.9 Å². The van der Waals surface area contributed by atoms with Gasteiger partial charge >= 0.3 is 5.97 Å². The van der Waals surface area contributed by atoms with Crippen LogP contribution in [0.1, 0.15) is 28.4 Å². The van der Waals surface area contributed by atoms with Gasteiger partial charge in [0.05, 0.1) is 12.1 Å². The number of rotatable bonds is 5. The first kappa shape index (κ1) is 15.0. The van der Waals surface area contributed by atoms with Crippen LogP contribution >= 0.6 is 0 Å². The largest absolute Gasteiger partial charge is 0.423 e. The number of carbonyl (C=O) groups is 1. The van der Waals surface area contributed by atoms with Crippen LogP contribution in [-0.2, 0) is 13.0 Å². The Labute approximate surface area is 134 Å². The Morgan fingerprint density at radius 2 is 1.74 bits per heavy atom. The summed E-state index contributed by atoms with van der Waals surface area (Å²) in [5.74, 6) is 0.195. The molecule has 3 rings (SSSR count). The van der Waals surface area contributed by atoms with E-state index in [0.717, 1.165) is 12.0 Å². The molecule has 0 radical (unpaired) electrons. The van der Waals surface area contributed by atoms with Crippen molar-refractivity contribution in [3.05, 3.63) is 77.9 Å². The fourth-order valence-corrected chi connectivity index (χ4v) is 2.21. The number of hydrogen-bond donors (Lipinski definition) is 0. The van der Waals surface area contributed by atoms with Crippen LogP contribution in [0, 0.1) is 0 Å². The first-order valence-corrected chi connectivity index (χ1v) is 7.47. The highest BCUT2D eigenvalue weighted by atomic mass is 16.5. The molecule has 2 aromatic carbocycles. The monoisotopic (exact) mass is 307 g/mol. The molecule has 0 bridgehead atoms. The highest BCUT2D eigenvalue weighted by molar-refractivity contribution is 5.91. The van der Waals surface area contributed by atoms with E-state index in [-0.39, 0.29) is 5.97 Å². The summed E-state index contributed by atoms with van der Waals surface area (Å²) >= 11 is 0. The Kier molecular flexibility index (Phi) is 4.47. The molecule has 0 aliphatic heterocycles. The topological polar surface area (TPSA) is 57.0 Å². The number of hydrogen-bond acceptors (Lipinski definition) is 4. The van der Waals surface area contributed by atoms with E-state index in [4.69, 9.17) is 4.74 Å². The highest BCUT2D eigenvalue weighted by Crippen LogP contribution is 2.15. The van der Waals surface area contributed by atoms with Crippen molar-refractivity contribution in [2.24, 2.45) is 0 Å². The second kappa shape index (κ2) is 6.87. The van der Waals surface area contributed by atoms with E-state index in [1.807, 2.05) is 36.4 Å². The number of ether oxygens (including phenoxy) is 1. The van der Waals surface area contributed by atoms with E-state index >= 15 is 0 Å². The lowest BCUT2D eigenvalue weighted by Gasteiger charge is -2.06. The molecule has 0 atom stereocenters. The molecule has 0 spiro atoms. The molecular formula is C18H17N3O2. The number of aromatic nitrogens is 3. The van der Waals surface area contributed by atoms with E-state index in [1.54, 1.807) is 23.1 Å². The molecule has 1 aromatic heterocycles. The molecule has 0 aliphatic rings. The molecule has 3 aromatic rings. The van der Waals surface area contributed by atoms with Gasteiger partial charge in [0, 0.05) is 0 Å². The SMILES string of the molecule is CCc1ccc(OC(=O)c2ccc(Cn3cncn3)cc2)cc1. The van der Waals surface area contributed by atoms with Crippen molar-refractivity contribution in [1.29, 1.82) is 0 Å². The zero-order valence-corrected chi connectivity index (χ0v) is 12.8. The van der Waals surface area contributed by atoms with Crippen LogP contribution in [0.3, 0.4) is 0 Å². The maximum atomic E-state index is 12.1. The van der Waals surface area contributed by atoms with Crippen LogP contribution in [0.5, 0.6) is 5.75 Å². The number of esters is 1. The lowest BCUT2D eigenvalue weighted by Crippen LogP contribution is -2.09. The zero-order chi connectivity index (χ0) is 16.1. The maximum absolute atomic E-state index is 12.1. The summed E-state index contributed by atoms with van der Waals surface area (Å²) in [5, 5.41) is 4.05. The predicted molar refractivity (Wildman–Crippen MR) is 86.3 cm³/mol. The van der Waals surface area contributed by atoms with Crippen molar-refractivity contribution in [2.45, 2.75) is 19.9 Å². The smallest absolute Gasteiger partial charge is 0.343 e. The van der Waals surface area contributed by atoms with Gasteiger partial charge in [0.2, 0.25) is 0 Å². The predicted octanol–water partition coefficient (Wildman–Crippen LogP) is 3.11. The second-order valence-corrected chi connectivity index (χ2v) is 5.18. The van der Waals surface area contributed by atoms with Crippen molar-refractivity contribution in [2.75, 3.05) is 0 Å². The first-order valence-electron chi connectivity index (χ1n) is 7.47. The van der Waals surface area contributed by atoms with Crippen molar-refractivity contribution in [3.63, 3.8) is 0 Å². The summed E-state index contributed by atoms with van der Waals surface area (Å²) in [5.41, 5.74) is 2.77. The zero-order valence-electron chi connectivity index (χ0n) is 12.8. The third-order valence-electron chi connectivity index (χ3n) is 3.54. The molecule has 0 fully saturated rings. The van der Waals surface area contributed by atoms with Gasteiger partial charge in [-0.3, -0.25) is 0 Å². The average Bonchev–Trinajstić information content (AvgIpc) is 3.09. The Morgan fingerprint density at radius 1 is 1.04 bits per heavy atom. The molecule has 0 aliphatic carbocycles. The van der Waals surface area contributed by atoms with Crippen LogP contribution in [0.4, 0.5) is 0 Å². The minimum atomic E-state index is -0.360. The molecule has 0 saturated carbocycles. The van der Waals surface area contributed by atoms with Crippen molar-refractivity contribution >= 4 is 5.97 Å². The van der Waals surface area contributed by atoms with Gasteiger partial charge in [0.1, 0.15) is 18.4 Å². The molecule has 5 nitrogen and oxygen atoms in total. The van der Waals surface area contributed by atoms with Gasteiger partial charge < -0.3 is 4.74 Å². The normalized spacial score (nSPS) is 10.5. The number of carbonyl (C=O) groups excluding carboxylic acids is 1. The quantitative estimate of drug-likeness (QED) is 0.537. The van der Waals surface area contributed by atoms with E-state index in [1.165, 1.54) is 11.9 Å². The molecule has 116 valence electrons. The standard InChI is InChI=1S/C18H17N3O2/c1-2-14-5-9-17(10-6-14)23-18(22)16-7-3-15(4-8-16)11-21-13-19-12-20-21/h3-10,12-13H,2,11H2,1H3. The van der Waals surface area contributed by atoms with Gasteiger partial charge in [-0.15, -0.1) is 0 Å². The molecule has 0 amide bonds. The minimum Gasteiger partial charge on any atom is -0.423 e. The lowest BCUT2D eigenvalue weighted by molar-refractivity contribution is 0.0734. The highest BCUT2D eigenvalue weighted by Gasteiger charge is 2.08. The van der Waals surface area contributed by atoms with Crippen LogP contribution in [0.25, 0.3) is 0 Å². The number of aryl methyl sites for hydroxylation is 1. The number of benzene rings is 2. The van der Waals surface area contributed by atoms with Crippen molar-refractivity contribution in [1.82, 2.24) is 14.8 Å². The summed E-state index contributed by atoms with van der Waals surface area (Å²) in [7, 11) is 0. The lowest BCUT2D eigenvalue weighted by atomic mass is 10.1. The third-order valence-corrected chi connectivity index (χ3v) is 3.54. The number of nitrogens with zero attached hydrogens (tertiary/aromatic N) is 3. The van der Waals surface area contributed by atoms with Crippen molar-refractivity contribution < 1.29 is 9.53 Å². The van der Waals surface area contributed by atoms with Crippen LogP contribution in [0.2, 0.25) is 0 Å². The van der Waals surface area contributed by atoms with Gasteiger partial charge in [-0.25, -0.2) is 14.5 Å². The molecular weight excluding hydrogens is 290 g/mol. The molecule has 0 saturated heterocycles. The molecule has 23 heavy (non-hydrogen) atoms. The van der Waals surface area contributed by atoms with Crippen molar-refractivity contribution in [3.8, 4) is 5.75 Å². The first-order chi connectivity index (χ1) is 11.2. The van der Waals surface area contributed by atoms with Gasteiger partial charge in [-0.05, 0) is 41.8 Å². The Balaban J connectivity index is 1.64. The maximum Gasteiger partial charge on any atom is 0.343 e. The van der Waals surface area contributed by atoms with Crippen LogP contribution in [0.15, 0.2) is 61.2 Å². The molecule has 5 heteroatoms. The molecule has 1 heterocycles. The summed E-state index contributed by atoms with van der Waals surface area (Å²) in [6, 6.07) is 14.8. The van der Waals surface area contributed by atoms with E-state index in [9.17, 15) is 4.79 Å². The fourth-order valence-electron chi connectivity index (χ4n) is 2.21. The molecule has 0 N–H and O–H groups in total. The van der Waals surface area contributed by atoms with Gasteiger partial charge in [-0.2, -0.15) is 5.10 Å². The summed E-state index contributed by atoms with van der Waals surface area (Å²) < 4.78 is 7.10. The average molecular weight is 307 g/mol. The Hall–Kier alpha value is -2.95. The third kappa shape index (κ3) is 3.83. The summed E-state index contributed by atoms with van der Waals surface area (Å²) in [6.07, 6.45) is 4.11. The minimum absolute atomic E-state index is 0.360.